The molecule has 1 amide bonds. The van der Waals surface area contributed by atoms with E-state index in [4.69, 9.17) is 18.9 Å². The Bertz CT molecular complexity index is 1630. The monoisotopic (exact) mass is 1060 g/mol. The van der Waals surface area contributed by atoms with Crippen molar-refractivity contribution in [2.45, 2.75) is 79.4 Å². The minimum atomic E-state index is -0.562. The van der Waals surface area contributed by atoms with Crippen LogP contribution in [0.4, 0.5) is 10.5 Å². The Kier molecular flexibility index (Phi) is 37.9. The summed E-state index contributed by atoms with van der Waals surface area (Å²) in [6, 6.07) is 27.6. The van der Waals surface area contributed by atoms with Crippen molar-refractivity contribution in [1.82, 2.24) is 5.32 Å². The maximum absolute atomic E-state index is 12.0. The first-order valence-electron chi connectivity index (χ1n) is 19.8. The number of anilines is 1. The number of rotatable bonds is 20. The minimum Gasteiger partial charge on any atom is -0.497 e. The van der Waals surface area contributed by atoms with Crippen LogP contribution in [0.25, 0.3) is 0 Å². The van der Waals surface area contributed by atoms with E-state index >= 15 is 0 Å². The van der Waals surface area contributed by atoms with Gasteiger partial charge in [0.05, 0.1) is 45.6 Å². The lowest BCUT2D eigenvalue weighted by Crippen LogP contribution is -2.44. The van der Waals surface area contributed by atoms with E-state index < -0.39 is 11.7 Å². The molecule has 3 aromatic carbocycles. The Hall–Kier alpha value is 0.580. The molecule has 8 unspecified atom stereocenters. The van der Waals surface area contributed by atoms with Crippen LogP contribution in [-0.2, 0) is 27.4 Å². The normalized spacial score (nSPS) is 13.8. The first kappa shape index (κ1) is 62.6. The SMILES string of the molecule is C/C(=C\COCc1ccccc1)[C@@H](NC(=O)OC(C)(C)C)[C@@H](C)CO.COc1ccc(N[C@H](/C(C)=C/COCc2ccccc2)[C@@H](C)CO)cc1.PP(P)P(P)P.PPP(P)P. The molecular weight excluding hydrogens is 985 g/mol. The van der Waals surface area contributed by atoms with E-state index in [0.29, 0.717) is 26.4 Å². The van der Waals surface area contributed by atoms with Gasteiger partial charge in [-0.05, 0) is 91.0 Å². The fraction of sp³-hybridized carbons (Fsp3) is 0.452. The lowest BCUT2D eigenvalue weighted by atomic mass is 9.95. The maximum Gasteiger partial charge on any atom is 0.408 e. The van der Waals surface area contributed by atoms with Crippen molar-refractivity contribution in [3.05, 3.63) is 119 Å². The van der Waals surface area contributed by atoms with Gasteiger partial charge in [-0.3, -0.25) is 0 Å². The summed E-state index contributed by atoms with van der Waals surface area (Å²) in [5.74, 6) is 0.782. The molecule has 0 spiro atoms. The molecule has 3 rings (SSSR count). The van der Waals surface area contributed by atoms with Gasteiger partial charge in [0.1, 0.15) is 11.4 Å². The van der Waals surface area contributed by atoms with Gasteiger partial charge in [-0.1, -0.05) is 106 Å². The number of carbonyl (C=O) groups is 1. The summed E-state index contributed by atoms with van der Waals surface area (Å²) in [4.78, 5) is 12.0. The Balaban J connectivity index is 0.000000967. The molecule has 0 aliphatic heterocycles. The highest BCUT2D eigenvalue weighted by molar-refractivity contribution is 8.92. The van der Waals surface area contributed by atoms with Gasteiger partial charge in [-0.15, -0.1) is 62.5 Å². The number of methoxy groups -OCH3 is 1. The Morgan fingerprint density at radius 3 is 1.48 bits per heavy atom. The van der Waals surface area contributed by atoms with Gasteiger partial charge < -0.3 is 39.8 Å². The fourth-order valence-electron chi connectivity index (χ4n) is 5.06. The lowest BCUT2D eigenvalue weighted by Gasteiger charge is -2.27. The molecule has 350 valence electrons. The van der Waals surface area contributed by atoms with Crippen molar-refractivity contribution < 1.29 is 34.0 Å². The van der Waals surface area contributed by atoms with E-state index in [1.54, 1.807) is 7.11 Å². The third-order valence-electron chi connectivity index (χ3n) is 8.46. The van der Waals surface area contributed by atoms with Crippen molar-refractivity contribution in [2.24, 2.45) is 11.8 Å². The number of benzene rings is 3. The second kappa shape index (κ2) is 37.5. The molecule has 0 bridgehead atoms. The summed E-state index contributed by atoms with van der Waals surface area (Å²) in [5, 5.41) is 25.4. The molecule has 4 N–H and O–H groups in total. The molecule has 62 heavy (non-hydrogen) atoms. The second-order valence-electron chi connectivity index (χ2n) is 15.0. The van der Waals surface area contributed by atoms with E-state index in [-0.39, 0.29) is 58.1 Å². The molecule has 20 heteroatoms. The minimum absolute atomic E-state index is 0.0312. The molecule has 0 aromatic heterocycles. The largest absolute Gasteiger partial charge is 0.497 e. The molecule has 0 saturated carbocycles. The first-order valence-corrected chi connectivity index (χ1v) is 37.9. The van der Waals surface area contributed by atoms with Crippen LogP contribution in [0.15, 0.2) is 108 Å². The van der Waals surface area contributed by atoms with E-state index in [1.165, 1.54) is 0 Å². The summed E-state index contributed by atoms with van der Waals surface area (Å²) in [5.41, 5.74) is 4.79. The van der Waals surface area contributed by atoms with Crippen LogP contribution in [0.1, 0.15) is 59.6 Å². The van der Waals surface area contributed by atoms with Crippen LogP contribution in [-0.4, -0.2) is 67.5 Å². The molecular formula is C42H75N2O7P11. The van der Waals surface area contributed by atoms with Crippen LogP contribution in [0, 0.1) is 11.8 Å². The number of aliphatic hydroxyl groups is 2. The zero-order chi connectivity index (χ0) is 47.1. The molecule has 0 radical (unpaired) electrons. The van der Waals surface area contributed by atoms with Gasteiger partial charge in [0.15, 0.2) is 0 Å². The van der Waals surface area contributed by atoms with Crippen LogP contribution >= 0.6 is 91.4 Å². The van der Waals surface area contributed by atoms with E-state index in [1.807, 2.05) is 120 Å². The number of amides is 1. The Labute approximate surface area is 395 Å². The summed E-state index contributed by atoms with van der Waals surface area (Å²) in [7, 11) is 22.0. The van der Waals surface area contributed by atoms with Gasteiger partial charge in [0, 0.05) is 30.7 Å². The van der Waals surface area contributed by atoms with Crippen molar-refractivity contribution in [3.63, 3.8) is 0 Å². The van der Waals surface area contributed by atoms with E-state index in [0.717, 1.165) is 41.7 Å². The highest BCUT2D eigenvalue weighted by Gasteiger charge is 2.24. The molecule has 0 aliphatic rings. The van der Waals surface area contributed by atoms with Crippen molar-refractivity contribution in [3.8, 4) is 5.75 Å². The van der Waals surface area contributed by atoms with Crippen molar-refractivity contribution in [1.29, 1.82) is 0 Å². The summed E-state index contributed by atoms with van der Waals surface area (Å²) in [6.07, 6.45) is 3.52. The molecule has 0 fully saturated rings. The number of ether oxygens (including phenoxy) is 4. The smallest absolute Gasteiger partial charge is 0.408 e. The Morgan fingerprint density at radius 1 is 0.726 bits per heavy atom. The molecule has 12 atom stereocenters. The fourth-order valence-corrected chi connectivity index (χ4v) is 5.06. The number of nitrogens with one attached hydrogen (secondary N) is 2. The number of hydrogen-bond donors (Lipinski definition) is 4. The van der Waals surface area contributed by atoms with Gasteiger partial charge in [-0.25, -0.2) is 4.79 Å². The number of carbonyl (C=O) groups excluding carboxylic acids is 1. The van der Waals surface area contributed by atoms with Crippen LogP contribution < -0.4 is 15.4 Å². The highest BCUT2D eigenvalue weighted by Crippen LogP contribution is 2.86. The predicted octanol–water partition coefficient (Wildman–Crippen LogP) is 13.4. The number of hydrogen-bond acceptors (Lipinski definition) is 8. The second-order valence-corrected chi connectivity index (χ2v) is 48.7. The third kappa shape index (κ3) is 32.3. The van der Waals surface area contributed by atoms with Gasteiger partial charge in [0.2, 0.25) is 0 Å². The highest BCUT2D eigenvalue weighted by atomic mass is 33.0. The lowest BCUT2D eigenvalue weighted by molar-refractivity contribution is 0.0488. The quantitative estimate of drug-likeness (QED) is 0.0502. The molecule has 0 saturated heterocycles. The molecule has 0 heterocycles. The third-order valence-corrected chi connectivity index (χ3v) is 41.7. The van der Waals surface area contributed by atoms with Crippen molar-refractivity contribution >= 4 is 103 Å². The van der Waals surface area contributed by atoms with Gasteiger partial charge in [-0.2, -0.15) is 0 Å². The molecule has 3 aromatic rings. The van der Waals surface area contributed by atoms with Crippen LogP contribution in [0.5, 0.6) is 5.75 Å². The van der Waals surface area contributed by atoms with E-state index in [9.17, 15) is 15.0 Å². The first-order chi connectivity index (χ1) is 29.3. The average Bonchev–Trinajstić information content (AvgIpc) is 3.25. The number of aliphatic hydroxyl groups excluding tert-OH is 2. The molecule has 9 nitrogen and oxygen atoms in total. The standard InChI is InChI=1S/C22H29NO3.C20H31NO4.H8P6.H7P5/c1-17(13-14-26-16-19-7-5-4-6-8-19)22(18(2)15-24)23-20-9-11-21(25-3)12-10-20;1-15(11-12-24-14-17-9-7-6-8-10-17)18(16(2)13-22)21-19(23)25-20(3,4)5;1-5(2)6(3)4;1-4-5(2)3/h4-13,18,22-24H,14-16H2,1-3H3;6-11,16,18,22H,12-14H2,1-5H3,(H,21,23);1-4H2;4H,1-3H2/b17-13+;15-11+;;/t18-,22+;16-,18+;;/m00../s1. The van der Waals surface area contributed by atoms with Crippen LogP contribution in [0.2, 0.25) is 0 Å². The average molecular weight is 1060 g/mol. The predicted molar refractivity (Wildman–Crippen MR) is 303 cm³/mol. The van der Waals surface area contributed by atoms with Crippen molar-refractivity contribution in [2.75, 3.05) is 38.9 Å². The zero-order valence-corrected chi connectivity index (χ0v) is 49.4. The summed E-state index contributed by atoms with van der Waals surface area (Å²) in [6.45, 7) is 16.1. The maximum atomic E-state index is 12.0. The van der Waals surface area contributed by atoms with Gasteiger partial charge in [0.25, 0.3) is 0 Å². The van der Waals surface area contributed by atoms with Crippen LogP contribution in [0.3, 0.4) is 0 Å². The summed E-state index contributed by atoms with van der Waals surface area (Å²) >= 11 is 0. The zero-order valence-electron chi connectivity index (χ0n) is 37.6. The van der Waals surface area contributed by atoms with E-state index in [2.05, 4.69) is 98.3 Å². The summed E-state index contributed by atoms with van der Waals surface area (Å²) < 4.78 is 21.9. The Morgan fingerprint density at radius 2 is 1.13 bits per heavy atom. The number of alkyl carbamates (subject to hydrolysis) is 1. The van der Waals surface area contributed by atoms with Gasteiger partial charge >= 0.3 is 6.09 Å². The molecule has 0 aliphatic carbocycles. The topological polar surface area (TPSA) is 119 Å².